The molecule has 0 saturated carbocycles. The fraction of sp³-hybridized carbons (Fsp3) is 0.455. The first-order valence-corrected chi connectivity index (χ1v) is 7.01. The van der Waals surface area contributed by atoms with Crippen molar-refractivity contribution in [3.05, 3.63) is 30.1 Å². The monoisotopic (exact) mass is 261 g/mol. The first-order chi connectivity index (χ1) is 7.90. The Morgan fingerprint density at radius 3 is 2.41 bits per heavy atom. The molecule has 0 aliphatic carbocycles. The summed E-state index contributed by atoms with van der Waals surface area (Å²) in [6, 6.07) is 5.57. The van der Waals surface area contributed by atoms with Crippen molar-refractivity contribution in [2.24, 2.45) is 11.1 Å². The molecular weight excluding hydrogens is 245 g/mol. The molecule has 1 rings (SSSR count). The van der Waals surface area contributed by atoms with Crippen LogP contribution in [0, 0.1) is 11.7 Å². The van der Waals surface area contributed by atoms with Gasteiger partial charge in [0.25, 0.3) is 0 Å². The Kier molecular flexibility index (Phi) is 4.89. The summed E-state index contributed by atoms with van der Waals surface area (Å²) in [6.45, 7) is 2.11. The summed E-state index contributed by atoms with van der Waals surface area (Å²) < 4.78 is 39.9. The molecular formula is C11H16FNO3S. The van der Waals surface area contributed by atoms with E-state index in [1.807, 2.05) is 6.92 Å². The largest absolute Gasteiger partial charge is 0.493 e. The Labute approximate surface area is 101 Å². The highest BCUT2D eigenvalue weighted by Crippen LogP contribution is 2.14. The van der Waals surface area contributed by atoms with Crippen LogP contribution in [-0.4, -0.2) is 20.8 Å². The van der Waals surface area contributed by atoms with Crippen LogP contribution in [0.5, 0.6) is 5.75 Å². The summed E-state index contributed by atoms with van der Waals surface area (Å²) in [4.78, 5) is 0. The van der Waals surface area contributed by atoms with E-state index in [0.717, 1.165) is 0 Å². The van der Waals surface area contributed by atoms with Crippen LogP contribution >= 0.6 is 0 Å². The SMILES string of the molecule is CCC(COc1ccc(F)cc1)CS(N)(=O)=O. The zero-order chi connectivity index (χ0) is 12.9. The van der Waals surface area contributed by atoms with Crippen molar-refractivity contribution in [1.29, 1.82) is 0 Å². The molecule has 0 heterocycles. The van der Waals surface area contributed by atoms with E-state index in [1.165, 1.54) is 24.3 Å². The quantitative estimate of drug-likeness (QED) is 0.844. The van der Waals surface area contributed by atoms with Crippen molar-refractivity contribution in [2.45, 2.75) is 13.3 Å². The second-order valence-electron chi connectivity index (χ2n) is 3.87. The number of ether oxygens (including phenoxy) is 1. The van der Waals surface area contributed by atoms with Gasteiger partial charge in [-0.25, -0.2) is 17.9 Å². The van der Waals surface area contributed by atoms with Crippen LogP contribution in [0.4, 0.5) is 4.39 Å². The van der Waals surface area contributed by atoms with Gasteiger partial charge in [-0.05, 0) is 30.7 Å². The van der Waals surface area contributed by atoms with Gasteiger partial charge in [0.05, 0.1) is 12.4 Å². The van der Waals surface area contributed by atoms with Gasteiger partial charge in [0, 0.05) is 5.92 Å². The Morgan fingerprint density at radius 1 is 1.35 bits per heavy atom. The second kappa shape index (κ2) is 5.97. The average Bonchev–Trinajstić information content (AvgIpc) is 2.25. The number of hydrogen-bond acceptors (Lipinski definition) is 3. The molecule has 0 aliphatic heterocycles. The molecule has 0 spiro atoms. The Morgan fingerprint density at radius 2 is 1.94 bits per heavy atom. The van der Waals surface area contributed by atoms with Crippen molar-refractivity contribution >= 4 is 10.0 Å². The van der Waals surface area contributed by atoms with Crippen LogP contribution in [-0.2, 0) is 10.0 Å². The molecule has 0 saturated heterocycles. The molecule has 1 unspecified atom stereocenters. The summed E-state index contributed by atoms with van der Waals surface area (Å²) in [5, 5.41) is 4.97. The standard InChI is InChI=1S/C11H16FNO3S/c1-2-9(8-17(13,14)15)7-16-11-5-3-10(12)4-6-11/h3-6,9H,2,7-8H2,1H3,(H2,13,14,15). The second-order valence-corrected chi connectivity index (χ2v) is 5.53. The van der Waals surface area contributed by atoms with Gasteiger partial charge in [-0.15, -0.1) is 0 Å². The van der Waals surface area contributed by atoms with Gasteiger partial charge in [-0.1, -0.05) is 6.92 Å². The van der Waals surface area contributed by atoms with E-state index in [9.17, 15) is 12.8 Å². The first kappa shape index (κ1) is 13.9. The van der Waals surface area contributed by atoms with Crippen LogP contribution in [0.25, 0.3) is 0 Å². The zero-order valence-electron chi connectivity index (χ0n) is 9.60. The molecule has 4 nitrogen and oxygen atoms in total. The maximum absolute atomic E-state index is 12.6. The number of nitrogens with two attached hydrogens (primary N) is 1. The average molecular weight is 261 g/mol. The molecule has 0 fully saturated rings. The highest BCUT2D eigenvalue weighted by Gasteiger charge is 2.14. The minimum Gasteiger partial charge on any atom is -0.493 e. The van der Waals surface area contributed by atoms with Gasteiger partial charge in [0.1, 0.15) is 11.6 Å². The van der Waals surface area contributed by atoms with Crippen molar-refractivity contribution in [2.75, 3.05) is 12.4 Å². The highest BCUT2D eigenvalue weighted by molar-refractivity contribution is 7.89. The third kappa shape index (κ3) is 5.65. The maximum atomic E-state index is 12.6. The van der Waals surface area contributed by atoms with Crippen molar-refractivity contribution in [1.82, 2.24) is 0 Å². The van der Waals surface area contributed by atoms with E-state index >= 15 is 0 Å². The van der Waals surface area contributed by atoms with Crippen LogP contribution in [0.15, 0.2) is 24.3 Å². The molecule has 6 heteroatoms. The number of benzene rings is 1. The van der Waals surface area contributed by atoms with E-state index in [-0.39, 0.29) is 24.1 Å². The number of hydrogen-bond donors (Lipinski definition) is 1. The van der Waals surface area contributed by atoms with Crippen LogP contribution in [0.2, 0.25) is 0 Å². The molecule has 1 aromatic rings. The van der Waals surface area contributed by atoms with Gasteiger partial charge < -0.3 is 4.74 Å². The molecule has 0 amide bonds. The lowest BCUT2D eigenvalue weighted by molar-refractivity contribution is 0.257. The lowest BCUT2D eigenvalue weighted by atomic mass is 10.1. The fourth-order valence-corrected chi connectivity index (χ4v) is 2.35. The number of sulfonamides is 1. The summed E-state index contributed by atoms with van der Waals surface area (Å²) in [5.41, 5.74) is 0. The molecule has 17 heavy (non-hydrogen) atoms. The van der Waals surface area contributed by atoms with Gasteiger partial charge in [0.15, 0.2) is 0 Å². The predicted molar refractivity (Wildman–Crippen MR) is 63.7 cm³/mol. The summed E-state index contributed by atoms with van der Waals surface area (Å²) >= 11 is 0. The fourth-order valence-electron chi connectivity index (χ4n) is 1.36. The van der Waals surface area contributed by atoms with E-state index < -0.39 is 10.0 Å². The number of primary sulfonamides is 1. The topological polar surface area (TPSA) is 69.4 Å². The Bertz CT molecular complexity index is 444. The van der Waals surface area contributed by atoms with E-state index in [4.69, 9.17) is 9.88 Å². The zero-order valence-corrected chi connectivity index (χ0v) is 10.4. The number of rotatable bonds is 6. The van der Waals surface area contributed by atoms with Gasteiger partial charge in [-0.3, -0.25) is 0 Å². The molecule has 2 N–H and O–H groups in total. The number of halogens is 1. The smallest absolute Gasteiger partial charge is 0.209 e. The molecule has 1 aromatic carbocycles. The lowest BCUT2D eigenvalue weighted by Gasteiger charge is -2.14. The summed E-state index contributed by atoms with van der Waals surface area (Å²) in [7, 11) is -3.49. The van der Waals surface area contributed by atoms with E-state index in [1.54, 1.807) is 0 Å². The van der Waals surface area contributed by atoms with Crippen molar-refractivity contribution in [3.63, 3.8) is 0 Å². The molecule has 96 valence electrons. The van der Waals surface area contributed by atoms with Gasteiger partial charge in [0.2, 0.25) is 10.0 Å². The minimum absolute atomic E-state index is 0.106. The van der Waals surface area contributed by atoms with E-state index in [0.29, 0.717) is 12.2 Å². The van der Waals surface area contributed by atoms with Crippen LogP contribution in [0.3, 0.4) is 0 Å². The lowest BCUT2D eigenvalue weighted by Crippen LogP contribution is -2.26. The summed E-state index contributed by atoms with van der Waals surface area (Å²) in [6.07, 6.45) is 0.650. The van der Waals surface area contributed by atoms with Gasteiger partial charge >= 0.3 is 0 Å². The van der Waals surface area contributed by atoms with Crippen molar-refractivity contribution < 1.29 is 17.5 Å². The molecule has 0 bridgehead atoms. The predicted octanol–water partition coefficient (Wildman–Crippen LogP) is 1.52. The van der Waals surface area contributed by atoms with Crippen molar-refractivity contribution in [3.8, 4) is 5.75 Å². The Balaban J connectivity index is 2.50. The maximum Gasteiger partial charge on any atom is 0.209 e. The third-order valence-electron chi connectivity index (χ3n) is 2.34. The molecule has 0 radical (unpaired) electrons. The van der Waals surface area contributed by atoms with Crippen LogP contribution < -0.4 is 9.88 Å². The highest BCUT2D eigenvalue weighted by atomic mass is 32.2. The first-order valence-electron chi connectivity index (χ1n) is 5.29. The van der Waals surface area contributed by atoms with Crippen LogP contribution in [0.1, 0.15) is 13.3 Å². The normalized spacial score (nSPS) is 13.4. The molecule has 1 atom stereocenters. The van der Waals surface area contributed by atoms with Gasteiger partial charge in [-0.2, -0.15) is 0 Å². The molecule has 0 aliphatic rings. The minimum atomic E-state index is -3.49. The third-order valence-corrected chi connectivity index (χ3v) is 3.28. The Hall–Kier alpha value is -1.14. The van der Waals surface area contributed by atoms with E-state index in [2.05, 4.69) is 0 Å². The summed E-state index contributed by atoms with van der Waals surface area (Å²) in [5.74, 6) is -0.0896. The molecule has 0 aromatic heterocycles.